The van der Waals surface area contributed by atoms with E-state index in [1.807, 2.05) is 13.8 Å². The molecule has 3 N–H and O–H groups in total. The highest BCUT2D eigenvalue weighted by atomic mass is 16.5. The minimum Gasteiger partial charge on any atom is -0.484 e. The molecule has 0 amide bonds. The molecule has 2 fully saturated rings. The van der Waals surface area contributed by atoms with Gasteiger partial charge in [0.05, 0.1) is 18.8 Å². The van der Waals surface area contributed by atoms with Crippen molar-refractivity contribution in [3.63, 3.8) is 0 Å². The second kappa shape index (κ2) is 8.39. The summed E-state index contributed by atoms with van der Waals surface area (Å²) in [4.78, 5) is 29.0. The molecule has 194 valence electrons. The van der Waals surface area contributed by atoms with E-state index in [9.17, 15) is 24.9 Å². The van der Waals surface area contributed by atoms with Crippen LogP contribution in [-0.2, 0) is 9.53 Å². The lowest BCUT2D eigenvalue weighted by Gasteiger charge is -2.66. The smallest absolute Gasteiger partial charge is 0.345 e. The molecule has 0 spiro atoms. The summed E-state index contributed by atoms with van der Waals surface area (Å²) in [5.41, 5.74) is -2.81. The number of esters is 1. The van der Waals surface area contributed by atoms with Gasteiger partial charge in [0.25, 0.3) is 0 Å². The highest BCUT2D eigenvalue weighted by Crippen LogP contribution is 2.67. The molecular weight excluding hydrogens is 466 g/mol. The van der Waals surface area contributed by atoms with E-state index in [0.717, 1.165) is 0 Å². The largest absolute Gasteiger partial charge is 0.484 e. The van der Waals surface area contributed by atoms with E-state index in [1.165, 1.54) is 6.92 Å². The first-order valence-electron chi connectivity index (χ1n) is 12.4. The number of aliphatic hydroxyl groups is 3. The summed E-state index contributed by atoms with van der Waals surface area (Å²) in [5, 5.41) is 33.7. The van der Waals surface area contributed by atoms with Crippen LogP contribution in [-0.4, -0.2) is 50.7 Å². The number of aliphatic hydroxyl groups excluding tert-OH is 3. The van der Waals surface area contributed by atoms with Crippen LogP contribution in [0.5, 0.6) is 5.75 Å². The first-order chi connectivity index (χ1) is 17.0. The lowest BCUT2D eigenvalue weighted by molar-refractivity contribution is -0.266. The van der Waals surface area contributed by atoms with E-state index in [2.05, 4.69) is 4.98 Å². The molecule has 0 bridgehead atoms. The molecule has 9 heteroatoms. The summed E-state index contributed by atoms with van der Waals surface area (Å²) in [5.74, 6) is -0.993. The Hall–Kier alpha value is -2.75. The van der Waals surface area contributed by atoms with E-state index in [0.29, 0.717) is 18.4 Å². The molecule has 0 radical (unpaired) electrons. The number of aromatic nitrogens is 1. The Balaban J connectivity index is 1.61. The minimum absolute atomic E-state index is 0.0204. The molecule has 36 heavy (non-hydrogen) atoms. The average molecular weight is 500 g/mol. The second-order valence-corrected chi connectivity index (χ2v) is 11.2. The van der Waals surface area contributed by atoms with Crippen LogP contribution in [0.4, 0.5) is 0 Å². The lowest BCUT2D eigenvalue weighted by atomic mass is 9.42. The van der Waals surface area contributed by atoms with Crippen molar-refractivity contribution in [1.82, 2.24) is 4.98 Å². The van der Waals surface area contributed by atoms with Gasteiger partial charge in [-0.1, -0.05) is 13.8 Å². The maximum atomic E-state index is 13.2. The quantitative estimate of drug-likeness (QED) is 0.544. The normalized spacial score (nSPS) is 39.2. The van der Waals surface area contributed by atoms with Crippen LogP contribution in [0.25, 0.3) is 11.3 Å². The van der Waals surface area contributed by atoms with E-state index in [4.69, 9.17) is 13.9 Å². The van der Waals surface area contributed by atoms with E-state index in [1.54, 1.807) is 37.5 Å². The topological polar surface area (TPSA) is 139 Å². The van der Waals surface area contributed by atoms with E-state index in [-0.39, 0.29) is 36.0 Å². The standard InChI is InChI=1S/C27H33NO8/c1-14(30)34-20-7-8-25(2)18(26(20,3)13-29)11-19(31)27(4)23(25)22(32)21-17(36-27)10-16(35-24(21)33)15-6-5-9-28-12-15/h5-6,9-10,12,18-20,22-23,29,31-32H,7-8,11,13H2,1-4H3/t18?,19-,20-,22-,23?,25-,26?,27+/m0/s1. The van der Waals surface area contributed by atoms with Crippen molar-refractivity contribution in [2.45, 2.75) is 70.9 Å². The molecular formula is C27H33NO8. The summed E-state index contributed by atoms with van der Waals surface area (Å²) < 4.78 is 17.6. The predicted octanol–water partition coefficient (Wildman–Crippen LogP) is 2.61. The van der Waals surface area contributed by atoms with Gasteiger partial charge in [-0.05, 0) is 49.7 Å². The van der Waals surface area contributed by atoms with Crippen LogP contribution >= 0.6 is 0 Å². The zero-order chi connectivity index (χ0) is 26.0. The van der Waals surface area contributed by atoms with Crippen molar-refractivity contribution in [3.05, 3.63) is 46.6 Å². The maximum Gasteiger partial charge on any atom is 0.345 e. The molecule has 2 aromatic heterocycles. The molecule has 3 unspecified atom stereocenters. The number of ether oxygens (including phenoxy) is 2. The monoisotopic (exact) mass is 499 g/mol. The molecule has 5 rings (SSSR count). The zero-order valence-corrected chi connectivity index (χ0v) is 20.9. The Morgan fingerprint density at radius 3 is 2.67 bits per heavy atom. The first kappa shape index (κ1) is 24.9. The van der Waals surface area contributed by atoms with Crippen molar-refractivity contribution >= 4 is 5.97 Å². The van der Waals surface area contributed by atoms with Gasteiger partial charge in [0.15, 0.2) is 0 Å². The van der Waals surface area contributed by atoms with E-state index >= 15 is 0 Å². The average Bonchev–Trinajstić information content (AvgIpc) is 2.82. The van der Waals surface area contributed by atoms with Crippen LogP contribution in [0.15, 0.2) is 39.8 Å². The van der Waals surface area contributed by atoms with Crippen LogP contribution in [0, 0.1) is 22.7 Å². The number of nitrogens with zero attached hydrogens (tertiary/aromatic N) is 1. The first-order valence-corrected chi connectivity index (χ1v) is 12.4. The van der Waals surface area contributed by atoms with Crippen molar-refractivity contribution < 1.29 is 34.0 Å². The number of hydrogen-bond acceptors (Lipinski definition) is 9. The van der Waals surface area contributed by atoms with Gasteiger partial charge >= 0.3 is 11.6 Å². The highest BCUT2D eigenvalue weighted by molar-refractivity contribution is 5.66. The van der Waals surface area contributed by atoms with Crippen molar-refractivity contribution in [3.8, 4) is 17.1 Å². The summed E-state index contributed by atoms with van der Waals surface area (Å²) in [7, 11) is 0. The summed E-state index contributed by atoms with van der Waals surface area (Å²) >= 11 is 0. The number of pyridine rings is 1. The van der Waals surface area contributed by atoms with Gasteiger partial charge in [-0.15, -0.1) is 0 Å². The Bertz CT molecular complexity index is 1230. The Morgan fingerprint density at radius 1 is 1.28 bits per heavy atom. The molecule has 3 aliphatic rings. The van der Waals surface area contributed by atoms with Crippen molar-refractivity contribution in [1.29, 1.82) is 0 Å². The van der Waals surface area contributed by atoms with Crippen LogP contribution in [0.3, 0.4) is 0 Å². The second-order valence-electron chi connectivity index (χ2n) is 11.2. The number of rotatable bonds is 3. The third kappa shape index (κ3) is 3.43. The number of carbonyl (C=O) groups is 1. The SMILES string of the molecule is CC(=O)O[C@H]1CC[C@@]2(C)C(C[C@H](O)[C@@]3(C)Oc4cc(-c5cccnc5)oc(=O)c4[C@H](O)C23)C1(C)CO. The van der Waals surface area contributed by atoms with Crippen LogP contribution < -0.4 is 10.4 Å². The maximum absolute atomic E-state index is 13.2. The Kier molecular flexibility index (Phi) is 5.81. The van der Waals surface area contributed by atoms with Crippen molar-refractivity contribution in [2.75, 3.05) is 6.61 Å². The van der Waals surface area contributed by atoms with Gasteiger partial charge < -0.3 is 29.2 Å². The van der Waals surface area contributed by atoms with Crippen LogP contribution in [0.1, 0.15) is 58.6 Å². The summed E-state index contributed by atoms with van der Waals surface area (Å²) in [6.45, 7) is 6.71. The lowest BCUT2D eigenvalue weighted by Crippen LogP contribution is -2.70. The molecule has 2 saturated carbocycles. The molecule has 3 heterocycles. The van der Waals surface area contributed by atoms with Gasteiger partial charge in [0.1, 0.15) is 28.8 Å². The third-order valence-corrected chi connectivity index (χ3v) is 9.21. The van der Waals surface area contributed by atoms with Gasteiger partial charge in [-0.2, -0.15) is 0 Å². The number of hydrogen-bond donors (Lipinski definition) is 3. The number of fused-ring (bicyclic) bond motifs is 4. The highest BCUT2D eigenvalue weighted by Gasteiger charge is 2.69. The fourth-order valence-corrected chi connectivity index (χ4v) is 7.45. The molecule has 9 nitrogen and oxygen atoms in total. The van der Waals surface area contributed by atoms with Gasteiger partial charge in [-0.25, -0.2) is 4.79 Å². The zero-order valence-electron chi connectivity index (χ0n) is 20.9. The molecule has 2 aromatic rings. The molecule has 1 aliphatic heterocycles. The Morgan fingerprint density at radius 2 is 2.03 bits per heavy atom. The number of carbonyl (C=O) groups excluding carboxylic acids is 1. The van der Waals surface area contributed by atoms with Crippen LogP contribution in [0.2, 0.25) is 0 Å². The third-order valence-electron chi connectivity index (χ3n) is 9.21. The minimum atomic E-state index is -1.27. The van der Waals surface area contributed by atoms with Gasteiger partial charge in [0, 0.05) is 42.3 Å². The summed E-state index contributed by atoms with van der Waals surface area (Å²) in [6, 6.07) is 5.03. The van der Waals surface area contributed by atoms with Gasteiger partial charge in [0.2, 0.25) is 0 Å². The molecule has 8 atom stereocenters. The molecule has 0 saturated heterocycles. The Labute approximate surface area is 209 Å². The summed E-state index contributed by atoms with van der Waals surface area (Å²) in [6.07, 6.45) is 1.65. The van der Waals surface area contributed by atoms with E-state index < -0.39 is 52.3 Å². The predicted molar refractivity (Wildman–Crippen MR) is 128 cm³/mol. The van der Waals surface area contributed by atoms with Crippen molar-refractivity contribution in [2.24, 2.45) is 22.7 Å². The molecule has 0 aromatic carbocycles. The molecule has 2 aliphatic carbocycles. The van der Waals surface area contributed by atoms with Gasteiger partial charge in [-0.3, -0.25) is 9.78 Å². The fraction of sp³-hybridized carbons (Fsp3) is 0.593. The fourth-order valence-electron chi connectivity index (χ4n) is 7.45.